The van der Waals surface area contributed by atoms with Crippen LogP contribution in [0.5, 0.6) is 0 Å². The molecule has 0 saturated heterocycles. The Kier molecular flexibility index (Phi) is 4.50. The first kappa shape index (κ1) is 13.1. The zero-order valence-corrected chi connectivity index (χ0v) is 13.4. The second-order valence-electron chi connectivity index (χ2n) is 4.82. The van der Waals surface area contributed by atoms with E-state index in [0.717, 1.165) is 14.2 Å². The molecular formula is C12H17Br2NS. The summed E-state index contributed by atoms with van der Waals surface area (Å²) in [6, 6.07) is 2.39. The van der Waals surface area contributed by atoms with Crippen LogP contribution in [0.1, 0.15) is 43.5 Å². The highest BCUT2D eigenvalue weighted by atomic mass is 79.9. The van der Waals surface area contributed by atoms with Crippen LogP contribution < -0.4 is 5.73 Å². The van der Waals surface area contributed by atoms with E-state index in [1.54, 1.807) is 11.3 Å². The zero-order valence-electron chi connectivity index (χ0n) is 9.38. The molecule has 4 heteroatoms. The van der Waals surface area contributed by atoms with Crippen molar-refractivity contribution in [2.75, 3.05) is 0 Å². The van der Waals surface area contributed by atoms with Crippen LogP contribution in [-0.2, 0) is 0 Å². The molecule has 0 spiro atoms. The van der Waals surface area contributed by atoms with E-state index in [2.05, 4.69) is 44.8 Å². The van der Waals surface area contributed by atoms with E-state index >= 15 is 0 Å². The predicted molar refractivity (Wildman–Crippen MR) is 77.8 cm³/mol. The Labute approximate surface area is 118 Å². The van der Waals surface area contributed by atoms with Crippen molar-refractivity contribution in [3.05, 3.63) is 19.2 Å². The quantitative estimate of drug-likeness (QED) is 0.774. The van der Waals surface area contributed by atoms with Gasteiger partial charge in [0.2, 0.25) is 0 Å². The van der Waals surface area contributed by atoms with E-state index in [-0.39, 0.29) is 6.04 Å². The summed E-state index contributed by atoms with van der Waals surface area (Å²) in [7, 11) is 0. The van der Waals surface area contributed by atoms with Gasteiger partial charge in [0.1, 0.15) is 0 Å². The second-order valence-corrected chi connectivity index (χ2v) is 8.07. The molecule has 1 saturated carbocycles. The topological polar surface area (TPSA) is 26.0 Å². The van der Waals surface area contributed by atoms with Crippen LogP contribution in [0.25, 0.3) is 0 Å². The zero-order chi connectivity index (χ0) is 11.7. The third kappa shape index (κ3) is 2.89. The van der Waals surface area contributed by atoms with E-state index in [1.807, 2.05) is 0 Å². The molecule has 16 heavy (non-hydrogen) atoms. The first-order valence-corrected chi connectivity index (χ1v) is 8.18. The highest BCUT2D eigenvalue weighted by Gasteiger charge is 2.26. The number of hydrogen-bond acceptors (Lipinski definition) is 2. The molecule has 0 bridgehead atoms. The van der Waals surface area contributed by atoms with Gasteiger partial charge in [-0.3, -0.25) is 0 Å². The Hall–Kier alpha value is 0.620. The largest absolute Gasteiger partial charge is 0.323 e. The van der Waals surface area contributed by atoms with Crippen LogP contribution in [0, 0.1) is 11.8 Å². The van der Waals surface area contributed by atoms with Crippen LogP contribution >= 0.6 is 43.2 Å². The van der Waals surface area contributed by atoms with Crippen LogP contribution in [0.3, 0.4) is 0 Å². The molecule has 1 aromatic rings. The molecule has 1 aliphatic rings. The lowest BCUT2D eigenvalue weighted by Crippen LogP contribution is -2.24. The van der Waals surface area contributed by atoms with E-state index < -0.39 is 0 Å². The number of hydrogen-bond donors (Lipinski definition) is 1. The van der Waals surface area contributed by atoms with E-state index in [9.17, 15) is 0 Å². The summed E-state index contributed by atoms with van der Waals surface area (Å²) in [5.74, 6) is 1.57. The number of thiophene rings is 1. The third-order valence-electron chi connectivity index (χ3n) is 3.56. The maximum Gasteiger partial charge on any atom is 0.0843 e. The SMILES string of the molecule is CC1CCC(C(N)c2cc(Br)c(Br)s2)CC1. The summed E-state index contributed by atoms with van der Waals surface area (Å²) in [4.78, 5) is 1.30. The summed E-state index contributed by atoms with van der Waals surface area (Å²) in [5, 5.41) is 0. The van der Waals surface area contributed by atoms with Gasteiger partial charge in [0.15, 0.2) is 0 Å². The minimum Gasteiger partial charge on any atom is -0.323 e. The molecule has 2 rings (SSSR count). The van der Waals surface area contributed by atoms with E-state index in [1.165, 1.54) is 30.6 Å². The van der Waals surface area contributed by atoms with Gasteiger partial charge in [-0.2, -0.15) is 0 Å². The molecule has 90 valence electrons. The van der Waals surface area contributed by atoms with Crippen molar-refractivity contribution in [3.63, 3.8) is 0 Å². The third-order valence-corrected chi connectivity index (χ3v) is 6.92. The average molecular weight is 367 g/mol. The monoisotopic (exact) mass is 365 g/mol. The minimum atomic E-state index is 0.222. The van der Waals surface area contributed by atoms with Gasteiger partial charge in [-0.15, -0.1) is 11.3 Å². The molecule has 1 aliphatic carbocycles. The fourth-order valence-corrected chi connectivity index (χ4v) is 4.59. The van der Waals surface area contributed by atoms with Crippen molar-refractivity contribution >= 4 is 43.2 Å². The maximum atomic E-state index is 6.37. The number of halogens is 2. The van der Waals surface area contributed by atoms with Crippen molar-refractivity contribution in [2.24, 2.45) is 17.6 Å². The molecule has 0 aliphatic heterocycles. The van der Waals surface area contributed by atoms with Crippen molar-refractivity contribution in [1.82, 2.24) is 0 Å². The van der Waals surface area contributed by atoms with Gasteiger partial charge < -0.3 is 5.73 Å². The molecule has 1 heterocycles. The minimum absolute atomic E-state index is 0.222. The van der Waals surface area contributed by atoms with Crippen molar-refractivity contribution in [2.45, 2.75) is 38.6 Å². The molecule has 1 nitrogen and oxygen atoms in total. The van der Waals surface area contributed by atoms with Gasteiger partial charge >= 0.3 is 0 Å². The van der Waals surface area contributed by atoms with Gasteiger partial charge in [-0.05, 0) is 62.6 Å². The molecule has 0 amide bonds. The van der Waals surface area contributed by atoms with Crippen LogP contribution in [0.4, 0.5) is 0 Å². The van der Waals surface area contributed by atoms with Crippen LogP contribution in [0.2, 0.25) is 0 Å². The van der Waals surface area contributed by atoms with E-state index in [0.29, 0.717) is 5.92 Å². The Balaban J connectivity index is 2.04. The molecule has 0 radical (unpaired) electrons. The molecule has 1 unspecified atom stereocenters. The smallest absolute Gasteiger partial charge is 0.0843 e. The van der Waals surface area contributed by atoms with Gasteiger partial charge in [0.05, 0.1) is 3.79 Å². The van der Waals surface area contributed by atoms with Crippen molar-refractivity contribution in [1.29, 1.82) is 0 Å². The highest BCUT2D eigenvalue weighted by Crippen LogP contribution is 2.41. The second kappa shape index (κ2) is 5.51. The molecule has 1 aromatic heterocycles. The summed E-state index contributed by atoms with van der Waals surface area (Å²) >= 11 is 8.82. The summed E-state index contributed by atoms with van der Waals surface area (Å²) < 4.78 is 2.29. The predicted octanol–water partition coefficient (Wildman–Crippen LogP) is 5.10. The highest BCUT2D eigenvalue weighted by molar-refractivity contribution is 9.13. The number of nitrogens with two attached hydrogens (primary N) is 1. The summed E-state index contributed by atoms with van der Waals surface area (Å²) in [6.45, 7) is 2.35. The average Bonchev–Trinajstić information content (AvgIpc) is 2.59. The number of rotatable bonds is 2. The first-order chi connectivity index (χ1) is 7.58. The first-order valence-electron chi connectivity index (χ1n) is 5.78. The van der Waals surface area contributed by atoms with Crippen LogP contribution in [-0.4, -0.2) is 0 Å². The lowest BCUT2D eigenvalue weighted by atomic mass is 9.79. The Bertz CT molecular complexity index is 336. The lowest BCUT2D eigenvalue weighted by molar-refractivity contribution is 0.258. The van der Waals surface area contributed by atoms with Gasteiger partial charge in [-0.25, -0.2) is 0 Å². The molecule has 2 N–H and O–H groups in total. The normalized spacial score (nSPS) is 28.0. The van der Waals surface area contributed by atoms with Gasteiger partial charge in [0, 0.05) is 15.4 Å². The molecule has 1 atom stereocenters. The standard InChI is InChI=1S/C12H17Br2NS/c1-7-2-4-8(5-3-7)11(15)10-6-9(13)12(14)16-10/h6-8,11H,2-5,15H2,1H3. The van der Waals surface area contributed by atoms with Crippen molar-refractivity contribution < 1.29 is 0 Å². The maximum absolute atomic E-state index is 6.37. The van der Waals surface area contributed by atoms with Crippen LogP contribution in [0.15, 0.2) is 14.3 Å². The van der Waals surface area contributed by atoms with Gasteiger partial charge in [0.25, 0.3) is 0 Å². The van der Waals surface area contributed by atoms with Crippen molar-refractivity contribution in [3.8, 4) is 0 Å². The molecule has 1 fully saturated rings. The Morgan fingerprint density at radius 3 is 2.44 bits per heavy atom. The Morgan fingerprint density at radius 2 is 1.94 bits per heavy atom. The van der Waals surface area contributed by atoms with Gasteiger partial charge in [-0.1, -0.05) is 19.8 Å². The molecular weight excluding hydrogens is 350 g/mol. The fraction of sp³-hybridized carbons (Fsp3) is 0.667. The summed E-state index contributed by atoms with van der Waals surface area (Å²) in [5.41, 5.74) is 6.37. The lowest BCUT2D eigenvalue weighted by Gasteiger charge is -2.30. The van der Waals surface area contributed by atoms with E-state index in [4.69, 9.17) is 5.73 Å². The summed E-state index contributed by atoms with van der Waals surface area (Å²) in [6.07, 6.45) is 5.25. The molecule has 0 aromatic carbocycles. The Morgan fingerprint density at radius 1 is 1.31 bits per heavy atom. The fourth-order valence-electron chi connectivity index (χ4n) is 2.40.